The van der Waals surface area contributed by atoms with Gasteiger partial charge in [-0.25, -0.2) is 4.98 Å². The third-order valence-electron chi connectivity index (χ3n) is 3.24. The van der Waals surface area contributed by atoms with Crippen molar-refractivity contribution in [2.75, 3.05) is 11.4 Å². The zero-order valence-electron chi connectivity index (χ0n) is 13.6. The molecule has 0 aliphatic carbocycles. The van der Waals surface area contributed by atoms with E-state index < -0.39 is 0 Å². The minimum absolute atomic E-state index is 0.137. The Morgan fingerprint density at radius 1 is 1.33 bits per heavy atom. The maximum atomic E-state index is 4.77. The van der Waals surface area contributed by atoms with Gasteiger partial charge in [-0.2, -0.15) is 0 Å². The maximum absolute atomic E-state index is 4.77. The third-order valence-corrected chi connectivity index (χ3v) is 5.32. The summed E-state index contributed by atoms with van der Waals surface area (Å²) in [5.41, 5.74) is 1.29. The summed E-state index contributed by atoms with van der Waals surface area (Å²) in [6.07, 6.45) is 0. The second-order valence-electron chi connectivity index (χ2n) is 6.20. The highest BCUT2D eigenvalue weighted by Gasteiger charge is 2.16. The first-order valence-corrected chi connectivity index (χ1v) is 9.07. The van der Waals surface area contributed by atoms with Crippen LogP contribution in [0.25, 0.3) is 0 Å². The highest BCUT2D eigenvalue weighted by atomic mass is 32.1. The van der Waals surface area contributed by atoms with E-state index in [-0.39, 0.29) is 5.54 Å². The van der Waals surface area contributed by atoms with Gasteiger partial charge in [0.1, 0.15) is 0 Å². The SMILES string of the molecule is CCN(Cc1cccs1)c1nc(C)c(CNC(C)(C)C)s1. The topological polar surface area (TPSA) is 28.2 Å². The van der Waals surface area contributed by atoms with Crippen molar-refractivity contribution < 1.29 is 0 Å². The highest BCUT2D eigenvalue weighted by Crippen LogP contribution is 2.28. The molecule has 0 atom stereocenters. The van der Waals surface area contributed by atoms with Crippen LogP contribution in [0.3, 0.4) is 0 Å². The van der Waals surface area contributed by atoms with Crippen LogP contribution >= 0.6 is 22.7 Å². The Balaban J connectivity index is 2.08. The fraction of sp³-hybridized carbons (Fsp3) is 0.562. The van der Waals surface area contributed by atoms with Crippen molar-refractivity contribution in [3.05, 3.63) is 33.0 Å². The van der Waals surface area contributed by atoms with Crippen LogP contribution in [0.1, 0.15) is 43.1 Å². The predicted molar refractivity (Wildman–Crippen MR) is 94.5 cm³/mol. The van der Waals surface area contributed by atoms with E-state index >= 15 is 0 Å². The Morgan fingerprint density at radius 2 is 2.10 bits per heavy atom. The lowest BCUT2D eigenvalue weighted by Gasteiger charge is -2.20. The van der Waals surface area contributed by atoms with Crippen molar-refractivity contribution in [2.45, 2.75) is 53.2 Å². The van der Waals surface area contributed by atoms with Gasteiger partial charge in [-0.15, -0.1) is 22.7 Å². The third kappa shape index (κ3) is 4.80. The number of nitrogens with zero attached hydrogens (tertiary/aromatic N) is 2. The lowest BCUT2D eigenvalue weighted by Crippen LogP contribution is -2.34. The Kier molecular flexibility index (Phi) is 5.41. The van der Waals surface area contributed by atoms with Gasteiger partial charge in [0.2, 0.25) is 0 Å². The smallest absolute Gasteiger partial charge is 0.186 e. The van der Waals surface area contributed by atoms with Crippen LogP contribution in [0.5, 0.6) is 0 Å². The summed E-state index contributed by atoms with van der Waals surface area (Å²) < 4.78 is 0. The van der Waals surface area contributed by atoms with Crippen molar-refractivity contribution in [2.24, 2.45) is 0 Å². The summed E-state index contributed by atoms with van der Waals surface area (Å²) in [7, 11) is 0. The van der Waals surface area contributed by atoms with Gasteiger partial charge in [0.15, 0.2) is 5.13 Å². The lowest BCUT2D eigenvalue weighted by atomic mass is 10.1. The van der Waals surface area contributed by atoms with Crippen molar-refractivity contribution in [3.63, 3.8) is 0 Å². The molecule has 0 aliphatic heterocycles. The van der Waals surface area contributed by atoms with Gasteiger partial charge in [0.05, 0.1) is 12.2 Å². The molecule has 0 fully saturated rings. The van der Waals surface area contributed by atoms with Crippen LogP contribution in [0.2, 0.25) is 0 Å². The largest absolute Gasteiger partial charge is 0.343 e. The second-order valence-corrected chi connectivity index (χ2v) is 8.30. The average molecular weight is 324 g/mol. The summed E-state index contributed by atoms with van der Waals surface area (Å²) in [5.74, 6) is 0. The number of aromatic nitrogens is 1. The van der Waals surface area contributed by atoms with Crippen molar-refractivity contribution in [1.82, 2.24) is 10.3 Å². The fourth-order valence-electron chi connectivity index (χ4n) is 1.96. The number of thiophene rings is 1. The van der Waals surface area contributed by atoms with E-state index in [9.17, 15) is 0 Å². The van der Waals surface area contributed by atoms with Crippen LogP contribution in [0, 0.1) is 6.92 Å². The maximum Gasteiger partial charge on any atom is 0.186 e. The zero-order valence-corrected chi connectivity index (χ0v) is 15.2. The lowest BCUT2D eigenvalue weighted by molar-refractivity contribution is 0.425. The van der Waals surface area contributed by atoms with E-state index in [4.69, 9.17) is 4.98 Å². The van der Waals surface area contributed by atoms with Crippen LogP contribution in [-0.4, -0.2) is 17.1 Å². The van der Waals surface area contributed by atoms with Crippen molar-refractivity contribution in [1.29, 1.82) is 0 Å². The summed E-state index contributed by atoms with van der Waals surface area (Å²) in [4.78, 5) is 9.85. The Hall–Kier alpha value is -0.910. The summed E-state index contributed by atoms with van der Waals surface area (Å²) in [5, 5.41) is 6.82. The molecule has 21 heavy (non-hydrogen) atoms. The average Bonchev–Trinajstić information content (AvgIpc) is 3.02. The van der Waals surface area contributed by atoms with Gasteiger partial charge in [-0.05, 0) is 46.1 Å². The number of anilines is 1. The summed E-state index contributed by atoms with van der Waals surface area (Å²) >= 11 is 3.62. The van der Waals surface area contributed by atoms with E-state index in [2.05, 4.69) is 62.3 Å². The number of rotatable bonds is 6. The molecule has 1 N–H and O–H groups in total. The summed E-state index contributed by atoms with van der Waals surface area (Å²) in [6.45, 7) is 13.7. The first-order chi connectivity index (χ1) is 9.89. The quantitative estimate of drug-likeness (QED) is 0.852. The minimum atomic E-state index is 0.137. The van der Waals surface area contributed by atoms with Gasteiger partial charge < -0.3 is 10.2 Å². The first-order valence-electron chi connectivity index (χ1n) is 7.37. The molecule has 2 aromatic rings. The van der Waals surface area contributed by atoms with Gasteiger partial charge in [0.25, 0.3) is 0 Å². The van der Waals surface area contributed by atoms with Crippen LogP contribution in [0.4, 0.5) is 5.13 Å². The van der Waals surface area contributed by atoms with E-state index in [0.717, 1.165) is 30.5 Å². The number of nitrogens with one attached hydrogen (secondary N) is 1. The molecule has 116 valence electrons. The van der Waals surface area contributed by atoms with Gasteiger partial charge >= 0.3 is 0 Å². The molecular weight excluding hydrogens is 298 g/mol. The van der Waals surface area contributed by atoms with Crippen LogP contribution in [-0.2, 0) is 13.1 Å². The van der Waals surface area contributed by atoms with E-state index in [1.807, 2.05) is 22.7 Å². The predicted octanol–water partition coefficient (Wildman–Crippen LogP) is 4.43. The molecule has 2 rings (SSSR count). The molecule has 5 heteroatoms. The monoisotopic (exact) mass is 323 g/mol. The standard InChI is InChI=1S/C16H25N3S2/c1-6-19(11-13-8-7-9-20-13)15-18-12(2)14(21-15)10-17-16(3,4)5/h7-9,17H,6,10-11H2,1-5H3. The molecule has 0 aliphatic rings. The molecular formula is C16H25N3S2. The Bertz CT molecular complexity index is 553. The number of aryl methyl sites for hydroxylation is 1. The van der Waals surface area contributed by atoms with Gasteiger partial charge in [0, 0.05) is 28.4 Å². The van der Waals surface area contributed by atoms with Crippen molar-refractivity contribution >= 4 is 27.8 Å². The molecule has 0 aromatic carbocycles. The molecule has 3 nitrogen and oxygen atoms in total. The molecule has 0 saturated heterocycles. The molecule has 2 heterocycles. The van der Waals surface area contributed by atoms with E-state index in [1.165, 1.54) is 9.75 Å². The van der Waals surface area contributed by atoms with Crippen molar-refractivity contribution in [3.8, 4) is 0 Å². The molecule has 0 saturated carbocycles. The normalized spacial score (nSPS) is 11.9. The second kappa shape index (κ2) is 6.90. The van der Waals surface area contributed by atoms with Crippen LogP contribution < -0.4 is 10.2 Å². The number of hydrogen-bond acceptors (Lipinski definition) is 5. The first kappa shape index (κ1) is 16.5. The van der Waals surface area contributed by atoms with E-state index in [0.29, 0.717) is 0 Å². The number of thiazole rings is 1. The van der Waals surface area contributed by atoms with Crippen LogP contribution in [0.15, 0.2) is 17.5 Å². The summed E-state index contributed by atoms with van der Waals surface area (Å²) in [6, 6.07) is 4.30. The molecule has 0 radical (unpaired) electrons. The number of hydrogen-bond donors (Lipinski definition) is 1. The molecule has 0 unspecified atom stereocenters. The highest BCUT2D eigenvalue weighted by molar-refractivity contribution is 7.15. The molecule has 0 spiro atoms. The Morgan fingerprint density at radius 3 is 2.67 bits per heavy atom. The fourth-order valence-corrected chi connectivity index (χ4v) is 3.75. The van der Waals surface area contributed by atoms with E-state index in [1.54, 1.807) is 0 Å². The molecule has 0 bridgehead atoms. The minimum Gasteiger partial charge on any atom is -0.343 e. The molecule has 0 amide bonds. The zero-order chi connectivity index (χ0) is 15.5. The molecule has 2 aromatic heterocycles. The van der Waals surface area contributed by atoms with Gasteiger partial charge in [-0.1, -0.05) is 6.07 Å². The Labute approximate surface area is 136 Å². The van der Waals surface area contributed by atoms with Gasteiger partial charge in [-0.3, -0.25) is 0 Å².